The standard InChI is InChI=1S/C20H29ClN4O2S/c1-4-5-6-18(26)23-20(28)22-15-7-8-17(16(21)13-15)24-9-11-25(12-10-24)19(27)14(2)3/h7-8,13-14H,4-6,9-12H2,1-3H3,(H2,22,23,26,28). The van der Waals surface area contributed by atoms with E-state index in [9.17, 15) is 9.59 Å². The maximum atomic E-state index is 12.1. The van der Waals surface area contributed by atoms with Crippen molar-refractivity contribution in [3.05, 3.63) is 23.2 Å². The number of halogens is 1. The molecule has 2 rings (SSSR count). The van der Waals surface area contributed by atoms with Crippen molar-refractivity contribution >= 4 is 52.1 Å². The van der Waals surface area contributed by atoms with E-state index in [1.807, 2.05) is 37.8 Å². The van der Waals surface area contributed by atoms with Gasteiger partial charge in [0.1, 0.15) is 0 Å². The van der Waals surface area contributed by atoms with Gasteiger partial charge >= 0.3 is 0 Å². The van der Waals surface area contributed by atoms with Crippen LogP contribution in [-0.2, 0) is 9.59 Å². The fourth-order valence-corrected chi connectivity index (χ4v) is 3.59. The number of thiocarbonyl (C=S) groups is 1. The lowest BCUT2D eigenvalue weighted by Gasteiger charge is -2.37. The zero-order valence-electron chi connectivity index (χ0n) is 16.8. The maximum absolute atomic E-state index is 12.1. The van der Waals surface area contributed by atoms with Crippen LogP contribution < -0.4 is 15.5 Å². The minimum Gasteiger partial charge on any atom is -0.367 e. The van der Waals surface area contributed by atoms with E-state index in [2.05, 4.69) is 15.5 Å². The third-order valence-corrected chi connectivity index (χ3v) is 5.15. The monoisotopic (exact) mass is 424 g/mol. The molecule has 1 aromatic carbocycles. The number of carbonyl (C=O) groups excluding carboxylic acids is 2. The zero-order valence-corrected chi connectivity index (χ0v) is 18.3. The molecule has 0 aliphatic carbocycles. The van der Waals surface area contributed by atoms with Crippen LogP contribution in [0.15, 0.2) is 18.2 Å². The summed E-state index contributed by atoms with van der Waals surface area (Å²) in [6.45, 7) is 8.77. The molecule has 0 bridgehead atoms. The van der Waals surface area contributed by atoms with Gasteiger partial charge in [0.2, 0.25) is 11.8 Å². The summed E-state index contributed by atoms with van der Waals surface area (Å²) in [5, 5.41) is 6.55. The summed E-state index contributed by atoms with van der Waals surface area (Å²) < 4.78 is 0. The van der Waals surface area contributed by atoms with Crippen LogP contribution in [0.5, 0.6) is 0 Å². The predicted octanol–water partition coefficient (Wildman–Crippen LogP) is 3.65. The van der Waals surface area contributed by atoms with Gasteiger partial charge in [-0.05, 0) is 36.8 Å². The third-order valence-electron chi connectivity index (χ3n) is 4.64. The van der Waals surface area contributed by atoms with Crippen molar-refractivity contribution in [1.29, 1.82) is 0 Å². The Balaban J connectivity index is 1.91. The number of hydrogen-bond acceptors (Lipinski definition) is 4. The first-order valence-electron chi connectivity index (χ1n) is 9.76. The summed E-state index contributed by atoms with van der Waals surface area (Å²) >= 11 is 11.7. The molecule has 1 aliphatic rings. The lowest BCUT2D eigenvalue weighted by atomic mass is 10.1. The van der Waals surface area contributed by atoms with E-state index in [0.717, 1.165) is 37.3 Å². The number of anilines is 2. The normalized spacial score (nSPS) is 14.2. The van der Waals surface area contributed by atoms with Crippen molar-refractivity contribution in [3.8, 4) is 0 Å². The fraction of sp³-hybridized carbons (Fsp3) is 0.550. The quantitative estimate of drug-likeness (QED) is 0.682. The molecular weight excluding hydrogens is 396 g/mol. The number of benzene rings is 1. The average Bonchev–Trinajstić information content (AvgIpc) is 2.66. The molecule has 28 heavy (non-hydrogen) atoms. The van der Waals surface area contributed by atoms with Gasteiger partial charge < -0.3 is 20.4 Å². The summed E-state index contributed by atoms with van der Waals surface area (Å²) in [6, 6.07) is 5.62. The van der Waals surface area contributed by atoms with Crippen LogP contribution in [0.2, 0.25) is 5.02 Å². The van der Waals surface area contributed by atoms with Gasteiger partial charge in [-0.15, -0.1) is 0 Å². The summed E-state index contributed by atoms with van der Waals surface area (Å²) in [7, 11) is 0. The Morgan fingerprint density at radius 3 is 2.46 bits per heavy atom. The number of piperazine rings is 1. The highest BCUT2D eigenvalue weighted by molar-refractivity contribution is 7.80. The molecule has 1 saturated heterocycles. The molecule has 6 nitrogen and oxygen atoms in total. The SMILES string of the molecule is CCCCC(=O)NC(=S)Nc1ccc(N2CCN(C(=O)C(C)C)CC2)c(Cl)c1. The smallest absolute Gasteiger partial charge is 0.226 e. The Morgan fingerprint density at radius 2 is 1.89 bits per heavy atom. The molecule has 2 amide bonds. The number of amides is 2. The van der Waals surface area contributed by atoms with Crippen molar-refractivity contribution in [2.24, 2.45) is 5.92 Å². The minimum absolute atomic E-state index is 0.0202. The van der Waals surface area contributed by atoms with Crippen molar-refractivity contribution in [3.63, 3.8) is 0 Å². The van der Waals surface area contributed by atoms with E-state index >= 15 is 0 Å². The molecule has 0 saturated carbocycles. The van der Waals surface area contributed by atoms with Crippen molar-refractivity contribution < 1.29 is 9.59 Å². The van der Waals surface area contributed by atoms with Gasteiger partial charge in [0.15, 0.2) is 5.11 Å². The van der Waals surface area contributed by atoms with Crippen LogP contribution >= 0.6 is 23.8 Å². The van der Waals surface area contributed by atoms with Crippen LogP contribution in [0.1, 0.15) is 40.0 Å². The Hall–Kier alpha value is -1.86. The second kappa shape index (κ2) is 10.6. The molecule has 0 atom stereocenters. The molecule has 0 spiro atoms. The third kappa shape index (κ3) is 6.34. The van der Waals surface area contributed by atoms with Crippen molar-refractivity contribution in [2.45, 2.75) is 40.0 Å². The number of nitrogens with zero attached hydrogens (tertiary/aromatic N) is 2. The Kier molecular flexibility index (Phi) is 8.51. The number of hydrogen-bond donors (Lipinski definition) is 2. The van der Waals surface area contributed by atoms with Gasteiger partial charge in [-0.3, -0.25) is 9.59 Å². The molecule has 1 fully saturated rings. The highest BCUT2D eigenvalue weighted by Gasteiger charge is 2.24. The molecule has 154 valence electrons. The van der Waals surface area contributed by atoms with Crippen LogP contribution in [-0.4, -0.2) is 48.0 Å². The van der Waals surface area contributed by atoms with Crippen molar-refractivity contribution in [2.75, 3.05) is 36.4 Å². The Morgan fingerprint density at radius 1 is 1.21 bits per heavy atom. The van der Waals surface area contributed by atoms with E-state index in [1.165, 1.54) is 0 Å². The number of carbonyl (C=O) groups is 2. The van der Waals surface area contributed by atoms with Gasteiger partial charge in [0.25, 0.3) is 0 Å². The van der Waals surface area contributed by atoms with Crippen LogP contribution in [0, 0.1) is 5.92 Å². The van der Waals surface area contributed by atoms with E-state index in [0.29, 0.717) is 24.5 Å². The average molecular weight is 425 g/mol. The first-order valence-corrected chi connectivity index (χ1v) is 10.5. The molecular formula is C20H29ClN4O2S. The molecule has 0 radical (unpaired) electrons. The molecule has 8 heteroatoms. The Labute approximate surface area is 177 Å². The van der Waals surface area contributed by atoms with Crippen LogP contribution in [0.25, 0.3) is 0 Å². The van der Waals surface area contributed by atoms with Gasteiger partial charge in [0.05, 0.1) is 10.7 Å². The van der Waals surface area contributed by atoms with Crippen LogP contribution in [0.3, 0.4) is 0 Å². The highest BCUT2D eigenvalue weighted by atomic mass is 35.5. The van der Waals surface area contributed by atoms with Crippen LogP contribution in [0.4, 0.5) is 11.4 Å². The molecule has 0 unspecified atom stereocenters. The van der Waals surface area contributed by atoms with Gasteiger partial charge in [-0.2, -0.15) is 0 Å². The maximum Gasteiger partial charge on any atom is 0.226 e. The minimum atomic E-state index is -0.0871. The second-order valence-corrected chi connectivity index (χ2v) is 8.05. The van der Waals surface area contributed by atoms with E-state index in [1.54, 1.807) is 6.07 Å². The van der Waals surface area contributed by atoms with E-state index in [4.69, 9.17) is 23.8 Å². The summed E-state index contributed by atoms with van der Waals surface area (Å²) in [5.41, 5.74) is 1.66. The number of nitrogens with one attached hydrogen (secondary N) is 2. The molecule has 2 N–H and O–H groups in total. The molecule has 0 aromatic heterocycles. The first-order chi connectivity index (χ1) is 13.3. The van der Waals surface area contributed by atoms with Crippen molar-refractivity contribution in [1.82, 2.24) is 10.2 Å². The fourth-order valence-electron chi connectivity index (χ4n) is 3.06. The summed E-state index contributed by atoms with van der Waals surface area (Å²) in [5.74, 6) is 0.127. The summed E-state index contributed by atoms with van der Waals surface area (Å²) in [4.78, 5) is 28.0. The molecule has 1 heterocycles. The molecule has 1 aromatic rings. The van der Waals surface area contributed by atoms with Gasteiger partial charge in [0, 0.05) is 44.2 Å². The number of rotatable bonds is 6. The zero-order chi connectivity index (χ0) is 20.7. The predicted molar refractivity (Wildman–Crippen MR) is 119 cm³/mol. The topological polar surface area (TPSA) is 64.7 Å². The number of unbranched alkanes of at least 4 members (excludes halogenated alkanes) is 1. The second-order valence-electron chi connectivity index (χ2n) is 7.24. The van der Waals surface area contributed by atoms with E-state index < -0.39 is 0 Å². The van der Waals surface area contributed by atoms with Gasteiger partial charge in [-0.25, -0.2) is 0 Å². The lowest BCUT2D eigenvalue weighted by molar-refractivity contribution is -0.134. The first kappa shape index (κ1) is 22.4. The highest BCUT2D eigenvalue weighted by Crippen LogP contribution is 2.29. The Bertz CT molecular complexity index is 718. The lowest BCUT2D eigenvalue weighted by Crippen LogP contribution is -2.50. The summed E-state index contributed by atoms with van der Waals surface area (Å²) in [6.07, 6.45) is 2.26. The van der Waals surface area contributed by atoms with E-state index in [-0.39, 0.29) is 22.8 Å². The van der Waals surface area contributed by atoms with Gasteiger partial charge in [-0.1, -0.05) is 38.8 Å². The largest absolute Gasteiger partial charge is 0.367 e. The molecule has 1 aliphatic heterocycles.